The quantitative estimate of drug-likeness (QED) is 0.855. The molecule has 2 rings (SSSR count). The fourth-order valence-electron chi connectivity index (χ4n) is 2.10. The summed E-state index contributed by atoms with van der Waals surface area (Å²) in [6, 6.07) is 0. The Morgan fingerprint density at radius 1 is 1.71 bits per heavy atom. The smallest absolute Gasteiger partial charge is 0.341 e. The lowest BCUT2D eigenvalue weighted by Crippen LogP contribution is -2.17. The number of hydrogen-bond donors (Lipinski definition) is 2. The summed E-state index contributed by atoms with van der Waals surface area (Å²) >= 11 is 1.96. The van der Waals surface area contributed by atoms with E-state index in [-0.39, 0.29) is 5.56 Å². The zero-order valence-electron chi connectivity index (χ0n) is 10.1. The van der Waals surface area contributed by atoms with E-state index in [1.165, 1.54) is 12.2 Å². The molecule has 6 heteroatoms. The Morgan fingerprint density at radius 2 is 2.47 bits per heavy atom. The van der Waals surface area contributed by atoms with Crippen LogP contribution in [0.15, 0.2) is 0 Å². The first-order chi connectivity index (χ1) is 8.09. The topological polar surface area (TPSA) is 67.2 Å². The van der Waals surface area contributed by atoms with Gasteiger partial charge in [-0.2, -0.15) is 16.9 Å². The minimum Gasteiger partial charge on any atom is -0.477 e. The van der Waals surface area contributed by atoms with Crippen LogP contribution < -0.4 is 5.32 Å². The standard InChI is InChI=1S/C11H17N3O2S/c1-7-9(11(15)16)10(14(2)13-7)12-5-8-3-4-17-6-8/h8,12H,3-6H2,1-2H3,(H,15,16). The van der Waals surface area contributed by atoms with E-state index in [0.717, 1.165) is 12.3 Å². The lowest BCUT2D eigenvalue weighted by atomic mass is 10.1. The van der Waals surface area contributed by atoms with Crippen molar-refractivity contribution in [3.63, 3.8) is 0 Å². The van der Waals surface area contributed by atoms with E-state index in [1.807, 2.05) is 11.8 Å². The molecule has 1 saturated heterocycles. The van der Waals surface area contributed by atoms with E-state index >= 15 is 0 Å². The summed E-state index contributed by atoms with van der Waals surface area (Å²) in [5.41, 5.74) is 0.849. The first-order valence-electron chi connectivity index (χ1n) is 5.68. The van der Waals surface area contributed by atoms with Crippen LogP contribution in [0.2, 0.25) is 0 Å². The molecule has 0 aliphatic carbocycles. The summed E-state index contributed by atoms with van der Waals surface area (Å²) < 4.78 is 1.61. The molecule has 17 heavy (non-hydrogen) atoms. The number of aromatic carboxylic acids is 1. The highest BCUT2D eigenvalue weighted by atomic mass is 32.2. The van der Waals surface area contributed by atoms with Gasteiger partial charge >= 0.3 is 5.97 Å². The first kappa shape index (κ1) is 12.3. The second-order valence-corrected chi connectivity index (χ2v) is 5.50. The van der Waals surface area contributed by atoms with Crippen molar-refractivity contribution in [3.05, 3.63) is 11.3 Å². The predicted octanol–water partition coefficient (Wildman–Crippen LogP) is 1.59. The highest BCUT2D eigenvalue weighted by Crippen LogP contribution is 2.25. The van der Waals surface area contributed by atoms with Gasteiger partial charge in [0, 0.05) is 13.6 Å². The van der Waals surface area contributed by atoms with Gasteiger partial charge < -0.3 is 10.4 Å². The molecule has 0 saturated carbocycles. The van der Waals surface area contributed by atoms with Crippen molar-refractivity contribution in [2.75, 3.05) is 23.4 Å². The number of hydrogen-bond acceptors (Lipinski definition) is 4. The molecule has 1 fully saturated rings. The van der Waals surface area contributed by atoms with Crippen molar-refractivity contribution >= 4 is 23.5 Å². The van der Waals surface area contributed by atoms with Crippen LogP contribution in [0, 0.1) is 12.8 Å². The van der Waals surface area contributed by atoms with Crippen molar-refractivity contribution in [2.45, 2.75) is 13.3 Å². The molecule has 5 nitrogen and oxygen atoms in total. The summed E-state index contributed by atoms with van der Waals surface area (Å²) in [6.07, 6.45) is 1.21. The average molecular weight is 255 g/mol. The third kappa shape index (κ3) is 2.57. The number of anilines is 1. The van der Waals surface area contributed by atoms with Gasteiger partial charge in [-0.05, 0) is 30.8 Å². The second-order valence-electron chi connectivity index (χ2n) is 4.35. The van der Waals surface area contributed by atoms with Gasteiger partial charge in [0.25, 0.3) is 0 Å². The number of carboxylic acid groups (broad SMARTS) is 1. The van der Waals surface area contributed by atoms with Gasteiger partial charge in [0.15, 0.2) is 0 Å². The van der Waals surface area contributed by atoms with Crippen LogP contribution in [-0.2, 0) is 7.05 Å². The number of nitrogens with one attached hydrogen (secondary N) is 1. The predicted molar refractivity (Wildman–Crippen MR) is 68.8 cm³/mol. The minimum absolute atomic E-state index is 0.290. The highest BCUT2D eigenvalue weighted by molar-refractivity contribution is 7.99. The number of carboxylic acids is 1. The highest BCUT2D eigenvalue weighted by Gasteiger charge is 2.21. The van der Waals surface area contributed by atoms with E-state index in [9.17, 15) is 4.79 Å². The van der Waals surface area contributed by atoms with Gasteiger partial charge in [0.1, 0.15) is 11.4 Å². The Bertz CT molecular complexity index is 425. The summed E-state index contributed by atoms with van der Waals surface area (Å²) in [6.45, 7) is 2.55. The Hall–Kier alpha value is -1.17. The number of thioether (sulfide) groups is 1. The van der Waals surface area contributed by atoms with E-state index in [2.05, 4.69) is 10.4 Å². The Kier molecular flexibility index (Phi) is 3.61. The number of nitrogens with zero attached hydrogens (tertiary/aromatic N) is 2. The average Bonchev–Trinajstić information content (AvgIpc) is 2.83. The van der Waals surface area contributed by atoms with Gasteiger partial charge in [-0.15, -0.1) is 0 Å². The third-order valence-electron chi connectivity index (χ3n) is 3.02. The van der Waals surface area contributed by atoms with Gasteiger partial charge in [0.2, 0.25) is 0 Å². The molecule has 0 aromatic carbocycles. The lowest BCUT2D eigenvalue weighted by Gasteiger charge is -2.12. The van der Waals surface area contributed by atoms with Crippen LogP contribution >= 0.6 is 11.8 Å². The van der Waals surface area contributed by atoms with Gasteiger partial charge in [-0.25, -0.2) is 4.79 Å². The molecule has 0 spiro atoms. The maximum atomic E-state index is 11.2. The van der Waals surface area contributed by atoms with Crippen molar-refractivity contribution in [1.82, 2.24) is 9.78 Å². The van der Waals surface area contributed by atoms with E-state index < -0.39 is 5.97 Å². The van der Waals surface area contributed by atoms with Crippen LogP contribution in [0.5, 0.6) is 0 Å². The SMILES string of the molecule is Cc1nn(C)c(NCC2CCSC2)c1C(=O)O. The number of rotatable bonds is 4. The van der Waals surface area contributed by atoms with Crippen molar-refractivity contribution in [3.8, 4) is 0 Å². The normalized spacial score (nSPS) is 19.5. The summed E-state index contributed by atoms with van der Waals surface area (Å²) in [7, 11) is 1.77. The molecule has 1 atom stereocenters. The molecule has 1 aliphatic heterocycles. The zero-order valence-corrected chi connectivity index (χ0v) is 10.9. The van der Waals surface area contributed by atoms with Crippen molar-refractivity contribution in [2.24, 2.45) is 13.0 Å². The molecule has 2 N–H and O–H groups in total. The van der Waals surface area contributed by atoms with Gasteiger partial charge in [0.05, 0.1) is 5.69 Å². The summed E-state index contributed by atoms with van der Waals surface area (Å²) in [5.74, 6) is 2.71. The van der Waals surface area contributed by atoms with E-state index in [0.29, 0.717) is 17.4 Å². The molecule has 1 aliphatic rings. The number of aryl methyl sites for hydroxylation is 2. The summed E-state index contributed by atoms with van der Waals surface area (Å²) in [4.78, 5) is 11.2. The maximum Gasteiger partial charge on any atom is 0.341 e. The molecule has 0 bridgehead atoms. The molecule has 0 amide bonds. The lowest BCUT2D eigenvalue weighted by molar-refractivity contribution is 0.0697. The molecular formula is C11H17N3O2S. The van der Waals surface area contributed by atoms with Crippen LogP contribution in [0.3, 0.4) is 0 Å². The van der Waals surface area contributed by atoms with Crippen LogP contribution in [-0.4, -0.2) is 38.9 Å². The van der Waals surface area contributed by atoms with Crippen LogP contribution in [0.25, 0.3) is 0 Å². The van der Waals surface area contributed by atoms with E-state index in [4.69, 9.17) is 5.11 Å². The van der Waals surface area contributed by atoms with Crippen LogP contribution in [0.1, 0.15) is 22.5 Å². The van der Waals surface area contributed by atoms with E-state index in [1.54, 1.807) is 18.7 Å². The Balaban J connectivity index is 2.11. The zero-order chi connectivity index (χ0) is 12.4. The fourth-order valence-corrected chi connectivity index (χ4v) is 3.39. The Morgan fingerprint density at radius 3 is 3.06 bits per heavy atom. The maximum absolute atomic E-state index is 11.2. The largest absolute Gasteiger partial charge is 0.477 e. The molecule has 1 aromatic rings. The van der Waals surface area contributed by atoms with Crippen molar-refractivity contribution < 1.29 is 9.90 Å². The van der Waals surface area contributed by atoms with Crippen molar-refractivity contribution in [1.29, 1.82) is 0 Å². The van der Waals surface area contributed by atoms with Gasteiger partial charge in [-0.3, -0.25) is 4.68 Å². The Labute approximate surface area is 105 Å². The molecule has 2 heterocycles. The number of aromatic nitrogens is 2. The third-order valence-corrected chi connectivity index (χ3v) is 4.25. The molecule has 1 unspecified atom stereocenters. The fraction of sp³-hybridized carbons (Fsp3) is 0.636. The minimum atomic E-state index is -0.918. The van der Waals surface area contributed by atoms with Gasteiger partial charge in [-0.1, -0.05) is 0 Å². The summed E-state index contributed by atoms with van der Waals surface area (Å²) in [5, 5.41) is 16.5. The first-order valence-corrected chi connectivity index (χ1v) is 6.83. The molecular weight excluding hydrogens is 238 g/mol. The molecule has 1 aromatic heterocycles. The number of carbonyl (C=O) groups is 1. The molecule has 0 radical (unpaired) electrons. The van der Waals surface area contributed by atoms with Crippen LogP contribution in [0.4, 0.5) is 5.82 Å². The second kappa shape index (κ2) is 5.00. The monoisotopic (exact) mass is 255 g/mol. The molecule has 94 valence electrons.